The van der Waals surface area contributed by atoms with Crippen LogP contribution in [0.4, 0.5) is 4.39 Å². The van der Waals surface area contributed by atoms with E-state index in [0.717, 1.165) is 5.56 Å². The van der Waals surface area contributed by atoms with Gasteiger partial charge in [0, 0.05) is 11.8 Å². The van der Waals surface area contributed by atoms with Crippen LogP contribution in [0, 0.1) is 5.82 Å². The fraction of sp³-hybridized carbons (Fsp3) is 0.154. The Morgan fingerprint density at radius 3 is 2.67 bits per heavy atom. The van der Waals surface area contributed by atoms with E-state index in [1.807, 2.05) is 6.07 Å². The van der Waals surface area contributed by atoms with Crippen LogP contribution in [-0.2, 0) is 0 Å². The minimum Gasteiger partial charge on any atom is -0.309 e. The van der Waals surface area contributed by atoms with Gasteiger partial charge >= 0.3 is 0 Å². The first kappa shape index (κ1) is 13.3. The van der Waals surface area contributed by atoms with E-state index in [9.17, 15) is 4.39 Å². The van der Waals surface area contributed by atoms with Gasteiger partial charge in [-0.3, -0.25) is 4.98 Å². The third-order valence-electron chi connectivity index (χ3n) is 2.70. The molecule has 0 aliphatic carbocycles. The average molecular weight is 285 g/mol. The van der Waals surface area contributed by atoms with Crippen molar-refractivity contribution in [1.29, 1.82) is 0 Å². The Balaban J connectivity index is 2.53. The first-order chi connectivity index (χ1) is 8.65. The van der Waals surface area contributed by atoms with E-state index in [2.05, 4.69) is 10.3 Å². The summed E-state index contributed by atoms with van der Waals surface area (Å²) in [6, 6.07) is 6.55. The highest BCUT2D eigenvalue weighted by Gasteiger charge is 2.19. The molecule has 1 atom stereocenters. The Morgan fingerprint density at radius 1 is 1.22 bits per heavy atom. The molecule has 2 nitrogen and oxygen atoms in total. The van der Waals surface area contributed by atoms with Crippen LogP contribution in [0.15, 0.2) is 36.7 Å². The average Bonchev–Trinajstić information content (AvgIpc) is 2.37. The second-order valence-corrected chi connectivity index (χ2v) is 4.55. The van der Waals surface area contributed by atoms with Crippen LogP contribution in [0.5, 0.6) is 0 Å². The number of rotatable bonds is 3. The fourth-order valence-electron chi connectivity index (χ4n) is 1.84. The first-order valence-corrected chi connectivity index (χ1v) is 6.11. The molecule has 0 radical (unpaired) electrons. The number of halogens is 3. The molecule has 1 N–H and O–H groups in total. The Labute approximate surface area is 115 Å². The van der Waals surface area contributed by atoms with Crippen molar-refractivity contribution in [3.63, 3.8) is 0 Å². The summed E-state index contributed by atoms with van der Waals surface area (Å²) in [4.78, 5) is 3.73. The number of nitrogens with zero attached hydrogens (tertiary/aromatic N) is 1. The van der Waals surface area contributed by atoms with Gasteiger partial charge in [0.05, 0.1) is 22.3 Å². The molecule has 5 heteroatoms. The van der Waals surface area contributed by atoms with Crippen molar-refractivity contribution in [3.05, 3.63) is 63.6 Å². The fourth-order valence-corrected chi connectivity index (χ4v) is 2.26. The molecule has 1 unspecified atom stereocenters. The smallest absolute Gasteiger partial charge is 0.146 e. The van der Waals surface area contributed by atoms with Crippen LogP contribution in [0.1, 0.15) is 17.2 Å². The van der Waals surface area contributed by atoms with Crippen molar-refractivity contribution in [2.45, 2.75) is 6.04 Å². The van der Waals surface area contributed by atoms with Gasteiger partial charge in [-0.25, -0.2) is 4.39 Å². The molecule has 1 aromatic heterocycles. The van der Waals surface area contributed by atoms with Gasteiger partial charge in [-0.15, -0.1) is 0 Å². The Hall–Kier alpha value is -1.16. The van der Waals surface area contributed by atoms with Crippen LogP contribution in [0.2, 0.25) is 10.0 Å². The molecule has 18 heavy (non-hydrogen) atoms. The Morgan fingerprint density at radius 2 is 2.00 bits per heavy atom. The molecule has 0 aliphatic rings. The predicted molar refractivity (Wildman–Crippen MR) is 71.6 cm³/mol. The van der Waals surface area contributed by atoms with Gasteiger partial charge in [-0.1, -0.05) is 35.3 Å². The van der Waals surface area contributed by atoms with E-state index in [1.54, 1.807) is 31.4 Å². The second kappa shape index (κ2) is 5.65. The molecule has 2 aromatic rings. The number of pyridine rings is 1. The second-order valence-electron chi connectivity index (χ2n) is 3.76. The summed E-state index contributed by atoms with van der Waals surface area (Å²) in [5, 5.41) is 3.91. The Kier molecular flexibility index (Phi) is 4.17. The van der Waals surface area contributed by atoms with Crippen molar-refractivity contribution in [3.8, 4) is 0 Å². The van der Waals surface area contributed by atoms with Gasteiger partial charge in [0.25, 0.3) is 0 Å². The highest BCUT2D eigenvalue weighted by Crippen LogP contribution is 2.33. The standard InChI is InChI=1S/C13H11Cl2FN2/c1-17-13(8-5-6-18-7-11(8)16)9-3-2-4-10(14)12(9)15/h2-7,13,17H,1H3. The highest BCUT2D eigenvalue weighted by atomic mass is 35.5. The summed E-state index contributed by atoms with van der Waals surface area (Å²) >= 11 is 12.1. The number of aromatic nitrogens is 1. The van der Waals surface area contributed by atoms with E-state index in [-0.39, 0.29) is 11.9 Å². The molecule has 0 bridgehead atoms. The van der Waals surface area contributed by atoms with E-state index in [4.69, 9.17) is 23.2 Å². The molecule has 0 amide bonds. The van der Waals surface area contributed by atoms with Crippen LogP contribution < -0.4 is 5.32 Å². The molecule has 0 saturated heterocycles. The maximum Gasteiger partial charge on any atom is 0.146 e. The zero-order chi connectivity index (χ0) is 13.1. The number of hydrogen-bond acceptors (Lipinski definition) is 2. The van der Waals surface area contributed by atoms with E-state index in [1.165, 1.54) is 6.20 Å². The zero-order valence-electron chi connectivity index (χ0n) is 9.62. The number of hydrogen-bond donors (Lipinski definition) is 1. The van der Waals surface area contributed by atoms with Gasteiger partial charge < -0.3 is 5.32 Å². The van der Waals surface area contributed by atoms with Gasteiger partial charge in [-0.2, -0.15) is 0 Å². The lowest BCUT2D eigenvalue weighted by Gasteiger charge is -2.19. The van der Waals surface area contributed by atoms with Crippen LogP contribution in [-0.4, -0.2) is 12.0 Å². The maximum atomic E-state index is 13.8. The van der Waals surface area contributed by atoms with Crippen molar-refractivity contribution >= 4 is 23.2 Å². The molecule has 1 heterocycles. The third kappa shape index (κ3) is 2.48. The van der Waals surface area contributed by atoms with Gasteiger partial charge in [0.15, 0.2) is 0 Å². The highest BCUT2D eigenvalue weighted by molar-refractivity contribution is 6.42. The molecule has 2 rings (SSSR count). The summed E-state index contributed by atoms with van der Waals surface area (Å²) < 4.78 is 13.8. The van der Waals surface area contributed by atoms with Crippen molar-refractivity contribution < 1.29 is 4.39 Å². The number of benzene rings is 1. The summed E-state index contributed by atoms with van der Waals surface area (Å²) in [6.07, 6.45) is 2.72. The minimum absolute atomic E-state index is 0.362. The quantitative estimate of drug-likeness (QED) is 0.926. The van der Waals surface area contributed by atoms with Gasteiger partial charge in [0.2, 0.25) is 0 Å². The summed E-state index contributed by atoms with van der Waals surface area (Å²) in [5.74, 6) is -0.382. The normalized spacial score (nSPS) is 12.4. The lowest BCUT2D eigenvalue weighted by molar-refractivity contribution is 0.571. The zero-order valence-corrected chi connectivity index (χ0v) is 11.1. The summed E-state index contributed by atoms with van der Waals surface area (Å²) in [6.45, 7) is 0. The van der Waals surface area contributed by atoms with Crippen molar-refractivity contribution in [1.82, 2.24) is 10.3 Å². The topological polar surface area (TPSA) is 24.9 Å². The van der Waals surface area contributed by atoms with Gasteiger partial charge in [-0.05, 0) is 24.7 Å². The predicted octanol–water partition coefficient (Wildman–Crippen LogP) is 3.84. The third-order valence-corrected chi connectivity index (χ3v) is 3.53. The van der Waals surface area contributed by atoms with Crippen molar-refractivity contribution in [2.24, 2.45) is 0 Å². The van der Waals surface area contributed by atoms with Crippen LogP contribution in [0.25, 0.3) is 0 Å². The monoisotopic (exact) mass is 284 g/mol. The first-order valence-electron chi connectivity index (χ1n) is 5.35. The van der Waals surface area contributed by atoms with Gasteiger partial charge in [0.1, 0.15) is 5.82 Å². The minimum atomic E-state index is -0.382. The molecule has 94 valence electrons. The molecular formula is C13H11Cl2FN2. The molecule has 0 spiro atoms. The number of nitrogens with one attached hydrogen (secondary N) is 1. The van der Waals surface area contributed by atoms with E-state index in [0.29, 0.717) is 15.6 Å². The molecule has 0 aliphatic heterocycles. The lowest BCUT2D eigenvalue weighted by atomic mass is 9.99. The van der Waals surface area contributed by atoms with Crippen molar-refractivity contribution in [2.75, 3.05) is 7.05 Å². The molecule has 0 saturated carbocycles. The van der Waals surface area contributed by atoms with Crippen LogP contribution in [0.3, 0.4) is 0 Å². The summed E-state index contributed by atoms with van der Waals surface area (Å²) in [5.41, 5.74) is 1.22. The molecule has 0 fully saturated rings. The lowest BCUT2D eigenvalue weighted by Crippen LogP contribution is -2.19. The van der Waals surface area contributed by atoms with E-state index < -0.39 is 0 Å². The van der Waals surface area contributed by atoms with E-state index >= 15 is 0 Å². The molecule has 1 aromatic carbocycles. The molecular weight excluding hydrogens is 274 g/mol. The SMILES string of the molecule is CNC(c1ccncc1F)c1cccc(Cl)c1Cl. The maximum absolute atomic E-state index is 13.8. The van der Waals surface area contributed by atoms with Crippen LogP contribution >= 0.6 is 23.2 Å². The Bertz CT molecular complexity index is 560. The summed E-state index contributed by atoms with van der Waals surface area (Å²) in [7, 11) is 1.74. The largest absolute Gasteiger partial charge is 0.309 e.